The Balaban J connectivity index is 1.63. The molecule has 0 spiro atoms. The number of nitrogens with zero attached hydrogens (tertiary/aromatic N) is 1. The van der Waals surface area contributed by atoms with Crippen LogP contribution in [0.2, 0.25) is 0 Å². The smallest absolute Gasteiger partial charge is 0.344 e. The van der Waals surface area contributed by atoms with E-state index in [-0.39, 0.29) is 25.5 Å². The van der Waals surface area contributed by atoms with Gasteiger partial charge in [-0.05, 0) is 76.1 Å². The van der Waals surface area contributed by atoms with E-state index >= 15 is 0 Å². The number of carbonyl (C=O) groups is 3. The Morgan fingerprint density at radius 3 is 2.21 bits per heavy atom. The van der Waals surface area contributed by atoms with Gasteiger partial charge >= 0.3 is 11.9 Å². The van der Waals surface area contributed by atoms with E-state index in [1.165, 1.54) is 25.7 Å². The summed E-state index contributed by atoms with van der Waals surface area (Å²) in [7, 11) is 0. The fourth-order valence-corrected chi connectivity index (χ4v) is 4.66. The summed E-state index contributed by atoms with van der Waals surface area (Å²) in [6.45, 7) is 8.80. The molecule has 7 nitrogen and oxygen atoms in total. The lowest BCUT2D eigenvalue weighted by Gasteiger charge is -2.22. The zero-order valence-electron chi connectivity index (χ0n) is 20.8. The normalized spacial score (nSPS) is 20.5. The van der Waals surface area contributed by atoms with Crippen LogP contribution in [0.1, 0.15) is 65.4 Å². The summed E-state index contributed by atoms with van der Waals surface area (Å²) in [5.74, 6) is 0.767. The van der Waals surface area contributed by atoms with Gasteiger partial charge in [0.15, 0.2) is 6.61 Å². The van der Waals surface area contributed by atoms with Crippen LogP contribution in [0.25, 0.3) is 6.08 Å². The second-order valence-electron chi connectivity index (χ2n) is 10.1. The van der Waals surface area contributed by atoms with Crippen molar-refractivity contribution in [1.82, 2.24) is 4.90 Å². The summed E-state index contributed by atoms with van der Waals surface area (Å²) < 4.78 is 15.9. The van der Waals surface area contributed by atoms with Crippen molar-refractivity contribution in [2.75, 3.05) is 26.3 Å². The molecule has 2 fully saturated rings. The fourth-order valence-electron chi connectivity index (χ4n) is 4.66. The monoisotopic (exact) mass is 471 g/mol. The van der Waals surface area contributed by atoms with Gasteiger partial charge in [-0.3, -0.25) is 4.79 Å². The van der Waals surface area contributed by atoms with E-state index in [1.807, 2.05) is 4.90 Å². The quantitative estimate of drug-likeness (QED) is 0.413. The number of likely N-dealkylation sites (tertiary alicyclic amines) is 1. The molecule has 2 atom stereocenters. The summed E-state index contributed by atoms with van der Waals surface area (Å²) in [4.78, 5) is 39.3. The molecule has 1 saturated heterocycles. The Morgan fingerprint density at radius 2 is 1.65 bits per heavy atom. The van der Waals surface area contributed by atoms with Crippen LogP contribution in [0.4, 0.5) is 0 Å². The molecule has 2 aliphatic rings. The maximum Gasteiger partial charge on any atom is 0.344 e. The fraction of sp³-hybridized carbons (Fsp3) is 0.593. The SMILES string of the molecule is CCOC(=O)/C(=C/c1ccc(OCC(=O)OC(C)(C)C)cc1)CC(=O)N1C[C@H]2CCCC[C@H]2C1. The summed E-state index contributed by atoms with van der Waals surface area (Å²) in [6.07, 6.45) is 6.59. The van der Waals surface area contributed by atoms with Crippen LogP contribution in [0.5, 0.6) is 5.75 Å². The van der Waals surface area contributed by atoms with Gasteiger partial charge in [-0.1, -0.05) is 25.0 Å². The van der Waals surface area contributed by atoms with E-state index in [0.717, 1.165) is 18.7 Å². The zero-order valence-corrected chi connectivity index (χ0v) is 20.8. The third kappa shape index (κ3) is 7.61. The summed E-state index contributed by atoms with van der Waals surface area (Å²) in [5.41, 5.74) is 0.517. The Bertz CT molecular complexity index is 885. The number of hydrogen-bond acceptors (Lipinski definition) is 6. The Morgan fingerprint density at radius 1 is 1.03 bits per heavy atom. The molecule has 34 heavy (non-hydrogen) atoms. The lowest BCUT2D eigenvalue weighted by atomic mass is 9.82. The number of benzene rings is 1. The summed E-state index contributed by atoms with van der Waals surface area (Å²) in [6, 6.07) is 6.98. The molecule has 1 heterocycles. The first-order valence-corrected chi connectivity index (χ1v) is 12.2. The third-order valence-electron chi connectivity index (χ3n) is 6.21. The van der Waals surface area contributed by atoms with Gasteiger partial charge in [0, 0.05) is 18.7 Å². The molecule has 0 bridgehead atoms. The predicted molar refractivity (Wildman–Crippen MR) is 129 cm³/mol. The number of amides is 1. The van der Waals surface area contributed by atoms with E-state index in [4.69, 9.17) is 14.2 Å². The van der Waals surface area contributed by atoms with Crippen molar-refractivity contribution in [1.29, 1.82) is 0 Å². The minimum atomic E-state index is -0.566. The maximum absolute atomic E-state index is 13.0. The van der Waals surface area contributed by atoms with Crippen molar-refractivity contribution in [2.24, 2.45) is 11.8 Å². The Kier molecular flexibility index (Phi) is 8.75. The third-order valence-corrected chi connectivity index (χ3v) is 6.21. The van der Waals surface area contributed by atoms with Crippen LogP contribution in [0.15, 0.2) is 29.8 Å². The Hall–Kier alpha value is -2.83. The highest BCUT2D eigenvalue weighted by atomic mass is 16.6. The van der Waals surface area contributed by atoms with Gasteiger partial charge in [0.2, 0.25) is 5.91 Å². The first kappa shape index (κ1) is 25.8. The van der Waals surface area contributed by atoms with Crippen LogP contribution >= 0.6 is 0 Å². The number of ether oxygens (including phenoxy) is 3. The van der Waals surface area contributed by atoms with Gasteiger partial charge in [-0.2, -0.15) is 0 Å². The highest BCUT2D eigenvalue weighted by Gasteiger charge is 2.36. The van der Waals surface area contributed by atoms with Crippen LogP contribution in [0, 0.1) is 11.8 Å². The molecule has 0 unspecified atom stereocenters. The molecule has 3 rings (SSSR count). The molecule has 1 aliphatic heterocycles. The van der Waals surface area contributed by atoms with E-state index < -0.39 is 17.5 Å². The molecule has 0 N–H and O–H groups in total. The minimum Gasteiger partial charge on any atom is -0.482 e. The standard InChI is InChI=1S/C27H37NO6/c1-5-32-26(31)22(15-24(29)28-16-20-8-6-7-9-21(20)17-28)14-19-10-12-23(13-11-19)33-18-25(30)34-27(2,3)4/h10-14,20-21H,5-9,15-18H2,1-4H3/b22-14+/t20-,21+. The zero-order chi connectivity index (χ0) is 24.7. The number of esters is 2. The van der Waals surface area contributed by atoms with E-state index in [0.29, 0.717) is 23.2 Å². The van der Waals surface area contributed by atoms with Crippen molar-refractivity contribution in [3.05, 3.63) is 35.4 Å². The van der Waals surface area contributed by atoms with Gasteiger partial charge in [0.1, 0.15) is 11.4 Å². The molecule has 1 aromatic carbocycles. The van der Waals surface area contributed by atoms with Crippen molar-refractivity contribution >= 4 is 23.9 Å². The molecule has 186 valence electrons. The van der Waals surface area contributed by atoms with Crippen molar-refractivity contribution < 1.29 is 28.6 Å². The molecule has 1 aliphatic carbocycles. The van der Waals surface area contributed by atoms with E-state index in [9.17, 15) is 14.4 Å². The van der Waals surface area contributed by atoms with Crippen LogP contribution < -0.4 is 4.74 Å². The predicted octanol–water partition coefficient (Wildman–Crippen LogP) is 4.39. The van der Waals surface area contributed by atoms with Crippen LogP contribution in [-0.2, 0) is 23.9 Å². The highest BCUT2D eigenvalue weighted by Crippen LogP contribution is 2.36. The molecule has 1 aromatic rings. The van der Waals surface area contributed by atoms with Crippen LogP contribution in [-0.4, -0.2) is 54.7 Å². The molecule has 1 saturated carbocycles. The van der Waals surface area contributed by atoms with Gasteiger partial charge < -0.3 is 19.1 Å². The number of carbonyl (C=O) groups excluding carboxylic acids is 3. The molecule has 7 heteroatoms. The number of hydrogen-bond donors (Lipinski definition) is 0. The lowest BCUT2D eigenvalue weighted by molar-refractivity contribution is -0.157. The van der Waals surface area contributed by atoms with Crippen molar-refractivity contribution in [2.45, 2.75) is 65.4 Å². The average molecular weight is 472 g/mol. The van der Waals surface area contributed by atoms with E-state index in [2.05, 4.69) is 0 Å². The topological polar surface area (TPSA) is 82.1 Å². The van der Waals surface area contributed by atoms with Gasteiger partial charge in [0.05, 0.1) is 13.0 Å². The second kappa shape index (κ2) is 11.5. The first-order chi connectivity index (χ1) is 16.1. The molecule has 0 radical (unpaired) electrons. The number of fused-ring (bicyclic) bond motifs is 1. The van der Waals surface area contributed by atoms with E-state index in [1.54, 1.807) is 58.0 Å². The molecular formula is C27H37NO6. The second-order valence-corrected chi connectivity index (χ2v) is 10.1. The largest absolute Gasteiger partial charge is 0.482 e. The maximum atomic E-state index is 13.0. The first-order valence-electron chi connectivity index (χ1n) is 12.2. The highest BCUT2D eigenvalue weighted by molar-refractivity contribution is 5.99. The summed E-state index contributed by atoms with van der Waals surface area (Å²) in [5, 5.41) is 0. The molecule has 0 aromatic heterocycles. The van der Waals surface area contributed by atoms with Crippen molar-refractivity contribution in [3.63, 3.8) is 0 Å². The minimum absolute atomic E-state index is 0.0222. The van der Waals surface area contributed by atoms with Gasteiger partial charge in [-0.25, -0.2) is 9.59 Å². The van der Waals surface area contributed by atoms with Crippen molar-refractivity contribution in [3.8, 4) is 5.75 Å². The number of rotatable bonds is 8. The van der Waals surface area contributed by atoms with Gasteiger partial charge in [0.25, 0.3) is 0 Å². The average Bonchev–Trinajstić information content (AvgIpc) is 3.22. The van der Waals surface area contributed by atoms with Gasteiger partial charge in [-0.15, -0.1) is 0 Å². The molecule has 1 amide bonds. The molecular weight excluding hydrogens is 434 g/mol. The lowest BCUT2D eigenvalue weighted by Crippen LogP contribution is -2.30. The Labute approximate surface area is 202 Å². The van der Waals surface area contributed by atoms with Crippen LogP contribution in [0.3, 0.4) is 0 Å². The summed E-state index contributed by atoms with van der Waals surface area (Å²) >= 11 is 0.